The van der Waals surface area contributed by atoms with E-state index in [0.29, 0.717) is 25.3 Å². The van der Waals surface area contributed by atoms with Crippen LogP contribution in [0.5, 0.6) is 0 Å². The van der Waals surface area contributed by atoms with Gasteiger partial charge in [0, 0.05) is 37.4 Å². The molecule has 1 atom stereocenters. The van der Waals surface area contributed by atoms with E-state index < -0.39 is 15.9 Å². The summed E-state index contributed by atoms with van der Waals surface area (Å²) in [7, 11) is -3.57. The molecule has 1 N–H and O–H groups in total. The molecule has 0 saturated carbocycles. The summed E-state index contributed by atoms with van der Waals surface area (Å²) in [5, 5.41) is 2.79. The third-order valence-corrected chi connectivity index (χ3v) is 7.51. The van der Waals surface area contributed by atoms with E-state index >= 15 is 0 Å². The van der Waals surface area contributed by atoms with Gasteiger partial charge in [0.15, 0.2) is 0 Å². The maximum atomic E-state index is 12.9. The molecule has 0 spiro atoms. The van der Waals surface area contributed by atoms with Crippen molar-refractivity contribution in [1.82, 2.24) is 4.31 Å². The van der Waals surface area contributed by atoms with Gasteiger partial charge in [-0.2, -0.15) is 4.31 Å². The molecule has 2 fully saturated rings. The number of rotatable bonds is 5. The van der Waals surface area contributed by atoms with E-state index in [1.807, 2.05) is 30.3 Å². The third-order valence-electron chi connectivity index (χ3n) is 5.62. The highest BCUT2D eigenvalue weighted by Crippen LogP contribution is 2.27. The maximum Gasteiger partial charge on any atom is 0.243 e. The summed E-state index contributed by atoms with van der Waals surface area (Å²) in [6, 6.07) is 15.6. The molecule has 2 aliphatic rings. The molecule has 0 aliphatic carbocycles. The van der Waals surface area contributed by atoms with E-state index in [2.05, 4.69) is 5.32 Å². The van der Waals surface area contributed by atoms with Crippen molar-refractivity contribution in [2.75, 3.05) is 29.9 Å². The molecule has 2 amide bonds. The average molecular weight is 428 g/mol. The number of para-hydroxylation sites is 1. The molecule has 7 nitrogen and oxygen atoms in total. The van der Waals surface area contributed by atoms with E-state index in [1.54, 1.807) is 23.1 Å². The Labute approximate surface area is 176 Å². The van der Waals surface area contributed by atoms with Gasteiger partial charge in [0.25, 0.3) is 0 Å². The Kier molecular flexibility index (Phi) is 5.87. The molecule has 1 unspecified atom stereocenters. The van der Waals surface area contributed by atoms with Crippen molar-refractivity contribution < 1.29 is 18.0 Å². The smallest absolute Gasteiger partial charge is 0.243 e. The van der Waals surface area contributed by atoms with Crippen molar-refractivity contribution in [2.24, 2.45) is 5.92 Å². The van der Waals surface area contributed by atoms with Gasteiger partial charge in [-0.1, -0.05) is 30.7 Å². The fourth-order valence-electron chi connectivity index (χ4n) is 3.97. The second-order valence-electron chi connectivity index (χ2n) is 7.72. The zero-order chi connectivity index (χ0) is 21.1. The number of nitrogens with zero attached hydrogens (tertiary/aromatic N) is 2. The van der Waals surface area contributed by atoms with Crippen LogP contribution in [-0.4, -0.2) is 44.2 Å². The summed E-state index contributed by atoms with van der Waals surface area (Å²) in [4.78, 5) is 26.9. The second-order valence-corrected chi connectivity index (χ2v) is 9.66. The zero-order valence-corrected chi connectivity index (χ0v) is 17.5. The first kappa shape index (κ1) is 20.6. The van der Waals surface area contributed by atoms with Crippen LogP contribution in [-0.2, 0) is 19.6 Å². The quantitative estimate of drug-likeness (QED) is 0.795. The summed E-state index contributed by atoms with van der Waals surface area (Å²) >= 11 is 0. The number of benzene rings is 2. The summed E-state index contributed by atoms with van der Waals surface area (Å²) in [5.74, 6) is -0.864. The Balaban J connectivity index is 1.45. The number of hydrogen-bond donors (Lipinski definition) is 1. The highest BCUT2D eigenvalue weighted by atomic mass is 32.2. The molecule has 2 saturated heterocycles. The van der Waals surface area contributed by atoms with Crippen molar-refractivity contribution >= 4 is 33.2 Å². The number of nitrogens with one attached hydrogen (secondary N) is 1. The van der Waals surface area contributed by atoms with Crippen LogP contribution in [0.1, 0.15) is 25.7 Å². The first-order chi connectivity index (χ1) is 14.4. The lowest BCUT2D eigenvalue weighted by Gasteiger charge is -2.26. The molecule has 2 aromatic rings. The number of hydrogen-bond acceptors (Lipinski definition) is 4. The predicted octanol–water partition coefficient (Wildman–Crippen LogP) is 2.85. The van der Waals surface area contributed by atoms with Gasteiger partial charge in [0.2, 0.25) is 21.8 Å². The number of piperidine rings is 1. The molecule has 2 aromatic carbocycles. The first-order valence-corrected chi connectivity index (χ1v) is 11.7. The Bertz CT molecular complexity index is 1030. The van der Waals surface area contributed by atoms with Crippen LogP contribution in [0.2, 0.25) is 0 Å². The van der Waals surface area contributed by atoms with Gasteiger partial charge in [0.1, 0.15) is 0 Å². The lowest BCUT2D eigenvalue weighted by atomic mass is 10.1. The predicted molar refractivity (Wildman–Crippen MR) is 115 cm³/mol. The van der Waals surface area contributed by atoms with Crippen molar-refractivity contribution in [3.63, 3.8) is 0 Å². The minimum Gasteiger partial charge on any atom is -0.326 e. The number of sulfonamides is 1. The average Bonchev–Trinajstić information content (AvgIpc) is 3.17. The van der Waals surface area contributed by atoms with Crippen LogP contribution in [0, 0.1) is 5.92 Å². The number of amides is 2. The maximum absolute atomic E-state index is 12.9. The molecule has 158 valence electrons. The fourth-order valence-corrected chi connectivity index (χ4v) is 5.54. The molecule has 30 heavy (non-hydrogen) atoms. The van der Waals surface area contributed by atoms with Crippen LogP contribution in [0.4, 0.5) is 11.4 Å². The number of anilines is 2. The molecule has 4 rings (SSSR count). The van der Waals surface area contributed by atoms with Crippen molar-refractivity contribution in [3.8, 4) is 0 Å². The van der Waals surface area contributed by atoms with Crippen LogP contribution in [0.25, 0.3) is 0 Å². The van der Waals surface area contributed by atoms with Crippen molar-refractivity contribution in [3.05, 3.63) is 54.6 Å². The second kappa shape index (κ2) is 8.57. The van der Waals surface area contributed by atoms with Gasteiger partial charge >= 0.3 is 0 Å². The Morgan fingerprint density at radius 2 is 1.70 bits per heavy atom. The van der Waals surface area contributed by atoms with Gasteiger partial charge in [-0.05, 0) is 43.2 Å². The normalized spacial score (nSPS) is 20.3. The topological polar surface area (TPSA) is 86.8 Å². The summed E-state index contributed by atoms with van der Waals surface area (Å²) in [6.07, 6.45) is 2.90. The van der Waals surface area contributed by atoms with Gasteiger partial charge in [-0.15, -0.1) is 0 Å². The van der Waals surface area contributed by atoms with Crippen LogP contribution in [0.3, 0.4) is 0 Å². The molecular formula is C22H25N3O4S. The molecule has 0 bridgehead atoms. The van der Waals surface area contributed by atoms with E-state index in [9.17, 15) is 18.0 Å². The van der Waals surface area contributed by atoms with Crippen molar-refractivity contribution in [2.45, 2.75) is 30.6 Å². The van der Waals surface area contributed by atoms with E-state index in [0.717, 1.165) is 24.9 Å². The standard InChI is InChI=1S/C22H25N3O4S/c26-21-14-17(16-25(21)19-9-3-1-4-10-19)22(27)23-18-8-7-11-20(15-18)30(28,29)24-12-5-2-6-13-24/h1,3-4,7-11,15,17H,2,5-6,12-14,16H2,(H,23,27). The van der Waals surface area contributed by atoms with Gasteiger partial charge in [0.05, 0.1) is 10.8 Å². The minimum atomic E-state index is -3.57. The number of carbonyl (C=O) groups excluding carboxylic acids is 2. The Morgan fingerprint density at radius 3 is 2.43 bits per heavy atom. The van der Waals surface area contributed by atoms with Crippen LogP contribution >= 0.6 is 0 Å². The Hall–Kier alpha value is -2.71. The highest BCUT2D eigenvalue weighted by molar-refractivity contribution is 7.89. The van der Waals surface area contributed by atoms with E-state index in [-0.39, 0.29) is 23.1 Å². The van der Waals surface area contributed by atoms with Gasteiger partial charge in [-0.25, -0.2) is 8.42 Å². The SMILES string of the molecule is O=C(Nc1cccc(S(=O)(=O)N2CCCCC2)c1)C1CC(=O)N(c2ccccc2)C1. The van der Waals surface area contributed by atoms with Gasteiger partial charge < -0.3 is 10.2 Å². The number of carbonyl (C=O) groups is 2. The molecule has 8 heteroatoms. The van der Waals surface area contributed by atoms with E-state index in [4.69, 9.17) is 0 Å². The molecule has 0 aromatic heterocycles. The minimum absolute atomic E-state index is 0.0947. The van der Waals surface area contributed by atoms with Crippen LogP contribution < -0.4 is 10.2 Å². The highest BCUT2D eigenvalue weighted by Gasteiger charge is 2.35. The molecule has 0 radical (unpaired) electrons. The largest absolute Gasteiger partial charge is 0.326 e. The van der Waals surface area contributed by atoms with Gasteiger partial charge in [-0.3, -0.25) is 9.59 Å². The summed E-state index contributed by atoms with van der Waals surface area (Å²) < 4.78 is 27.3. The molecule has 2 aliphatic heterocycles. The Morgan fingerprint density at radius 1 is 0.967 bits per heavy atom. The lowest BCUT2D eigenvalue weighted by Crippen LogP contribution is -2.35. The van der Waals surface area contributed by atoms with E-state index in [1.165, 1.54) is 10.4 Å². The molecule has 2 heterocycles. The first-order valence-electron chi connectivity index (χ1n) is 10.2. The lowest BCUT2D eigenvalue weighted by molar-refractivity contribution is -0.122. The van der Waals surface area contributed by atoms with Crippen molar-refractivity contribution in [1.29, 1.82) is 0 Å². The fraction of sp³-hybridized carbons (Fsp3) is 0.364. The summed E-state index contributed by atoms with van der Waals surface area (Å²) in [6.45, 7) is 1.36. The van der Waals surface area contributed by atoms with Crippen LogP contribution in [0.15, 0.2) is 59.5 Å². The molecular weight excluding hydrogens is 402 g/mol. The monoisotopic (exact) mass is 427 g/mol. The third kappa shape index (κ3) is 4.24. The summed E-state index contributed by atoms with van der Waals surface area (Å²) in [5.41, 5.74) is 1.19. The zero-order valence-electron chi connectivity index (χ0n) is 16.7.